The van der Waals surface area contributed by atoms with E-state index >= 15 is 0 Å². The van der Waals surface area contributed by atoms with Crippen molar-refractivity contribution in [1.82, 2.24) is 0 Å². The molecule has 0 aliphatic carbocycles. The van der Waals surface area contributed by atoms with Crippen LogP contribution in [0.3, 0.4) is 0 Å². The maximum atomic E-state index is 13.1. The quantitative estimate of drug-likeness (QED) is 0.0322. The first-order valence-corrected chi connectivity index (χ1v) is 19.2. The van der Waals surface area contributed by atoms with Gasteiger partial charge < -0.3 is 45.2 Å². The number of aromatic hydroxyl groups is 1. The minimum absolute atomic E-state index is 0.0697. The fourth-order valence-corrected chi connectivity index (χ4v) is 6.50. The van der Waals surface area contributed by atoms with Gasteiger partial charge in [0.15, 0.2) is 18.0 Å². The molecular weight excluding hydrogens is 722 g/mol. The van der Waals surface area contributed by atoms with Crippen LogP contribution in [-0.2, 0) is 38.2 Å². The Balaban J connectivity index is 2.98. The lowest BCUT2D eigenvalue weighted by Crippen LogP contribution is -2.44. The van der Waals surface area contributed by atoms with Gasteiger partial charge in [-0.15, -0.1) is 0 Å². The number of ether oxygens (including phenoxy) is 2. The SMILES string of the molecule is CCCC[C@H](C)[C@H](OC(=O)C[C@H](CC(=O)O)C(=O)O)[C@@H](C[C@H](C)CCCCCC[C@H](O)C[C@@H](O)[C@@H](C)[n+]1cccc(O)c1)OC(=O)C[C@H](CC(=O)O)C(=O)O. The highest BCUT2D eigenvalue weighted by molar-refractivity contribution is 5.83. The normalized spacial score (nSPS) is 16.3. The molecule has 1 aromatic rings. The molecule has 0 spiro atoms. The Morgan fingerprint density at radius 1 is 0.709 bits per heavy atom. The molecule has 7 N–H and O–H groups in total. The Bertz CT molecular complexity index is 1370. The molecule has 16 heteroatoms. The average Bonchev–Trinajstić information content (AvgIpc) is 3.09. The van der Waals surface area contributed by atoms with E-state index < -0.39 is 104 Å². The molecule has 0 unspecified atom stereocenters. The Morgan fingerprint density at radius 2 is 1.25 bits per heavy atom. The van der Waals surface area contributed by atoms with Gasteiger partial charge in [-0.1, -0.05) is 65.7 Å². The summed E-state index contributed by atoms with van der Waals surface area (Å²) >= 11 is 0. The smallest absolute Gasteiger partial charge is 0.307 e. The van der Waals surface area contributed by atoms with Crippen molar-refractivity contribution < 1.29 is 78.6 Å². The summed E-state index contributed by atoms with van der Waals surface area (Å²) in [5, 5.41) is 68.1. The molecule has 55 heavy (non-hydrogen) atoms. The summed E-state index contributed by atoms with van der Waals surface area (Å²) < 4.78 is 13.2. The van der Waals surface area contributed by atoms with Crippen molar-refractivity contribution in [1.29, 1.82) is 0 Å². The van der Waals surface area contributed by atoms with Gasteiger partial charge in [0, 0.05) is 19.4 Å². The molecule has 1 heterocycles. The minimum atomic E-state index is -1.56. The van der Waals surface area contributed by atoms with Gasteiger partial charge in [-0.2, -0.15) is 4.57 Å². The Hall–Kier alpha value is -4.31. The third kappa shape index (κ3) is 20.3. The van der Waals surface area contributed by atoms with Crippen molar-refractivity contribution in [2.24, 2.45) is 23.7 Å². The lowest BCUT2D eigenvalue weighted by molar-refractivity contribution is -0.727. The van der Waals surface area contributed by atoms with Gasteiger partial charge in [0.2, 0.25) is 6.20 Å². The second kappa shape index (κ2) is 25.7. The van der Waals surface area contributed by atoms with E-state index in [-0.39, 0.29) is 30.6 Å². The summed E-state index contributed by atoms with van der Waals surface area (Å²) in [6, 6.07) is 2.84. The summed E-state index contributed by atoms with van der Waals surface area (Å²) in [7, 11) is 0. The topological polar surface area (TPSA) is 266 Å². The van der Waals surface area contributed by atoms with Crippen LogP contribution < -0.4 is 4.57 Å². The van der Waals surface area contributed by atoms with Crippen molar-refractivity contribution in [3.8, 4) is 5.75 Å². The molecule has 0 amide bonds. The predicted octanol–water partition coefficient (Wildman–Crippen LogP) is 4.50. The van der Waals surface area contributed by atoms with Gasteiger partial charge in [-0.3, -0.25) is 28.8 Å². The summed E-state index contributed by atoms with van der Waals surface area (Å²) in [6.07, 6.45) is 3.01. The predicted molar refractivity (Wildman–Crippen MR) is 196 cm³/mol. The summed E-state index contributed by atoms with van der Waals surface area (Å²) in [5.41, 5.74) is 0. The number of carboxylic acids is 4. The molecule has 312 valence electrons. The number of carbonyl (C=O) groups excluding carboxylic acids is 2. The fraction of sp³-hybridized carbons (Fsp3) is 0.718. The van der Waals surface area contributed by atoms with E-state index in [1.54, 1.807) is 30.7 Å². The first-order valence-electron chi connectivity index (χ1n) is 19.2. The van der Waals surface area contributed by atoms with Gasteiger partial charge >= 0.3 is 35.8 Å². The lowest BCUT2D eigenvalue weighted by atomic mass is 9.87. The molecule has 0 aliphatic heterocycles. The highest BCUT2D eigenvalue weighted by Gasteiger charge is 2.37. The lowest BCUT2D eigenvalue weighted by Gasteiger charge is -2.33. The Labute approximate surface area is 322 Å². The standard InChI is InChI=1S/C39H61NO15/c1-5-6-13-25(3)37(55-36(49)21-28(39(52)53)19-34(46)47)32(54-35(48)20-27(38(50)51)18-33(44)45)17-24(2)12-9-7-8-10-14-29(41)22-31(43)26(4)40-16-11-15-30(42)23-40/h11,15-16,23-29,31-32,37,41,43H,5-10,12-14,17-22H2,1-4H3,(H4-,42,44,45,46,47,50,51,52,53)/p+1/t24-,25+,26-,27+,28+,29+,31-,32-,37+/m1/s1. The maximum Gasteiger partial charge on any atom is 0.307 e. The monoisotopic (exact) mass is 784 g/mol. The summed E-state index contributed by atoms with van der Waals surface area (Å²) in [4.78, 5) is 72.0. The molecule has 1 rings (SSSR count). The molecule has 0 fully saturated rings. The highest BCUT2D eigenvalue weighted by atomic mass is 16.6. The molecule has 0 aromatic carbocycles. The zero-order valence-electron chi connectivity index (χ0n) is 32.5. The molecule has 0 radical (unpaired) electrons. The van der Waals surface area contributed by atoms with Crippen LogP contribution in [0.2, 0.25) is 0 Å². The van der Waals surface area contributed by atoms with Crippen LogP contribution in [0.1, 0.15) is 130 Å². The third-order valence-electron chi connectivity index (χ3n) is 9.82. The van der Waals surface area contributed by atoms with Crippen LogP contribution in [0.25, 0.3) is 0 Å². The van der Waals surface area contributed by atoms with Gasteiger partial charge in [-0.05, 0) is 37.2 Å². The van der Waals surface area contributed by atoms with Crippen LogP contribution in [0.15, 0.2) is 24.5 Å². The number of aliphatic hydroxyl groups is 2. The molecular formula is C39H62NO15+. The molecule has 0 saturated carbocycles. The number of aliphatic carboxylic acids is 4. The number of carboxylic acid groups (broad SMARTS) is 4. The van der Waals surface area contributed by atoms with E-state index in [1.165, 1.54) is 12.3 Å². The first-order chi connectivity index (χ1) is 25.8. The number of esters is 2. The second-order valence-electron chi connectivity index (χ2n) is 14.8. The maximum absolute atomic E-state index is 13.1. The molecule has 9 atom stereocenters. The van der Waals surface area contributed by atoms with E-state index in [0.29, 0.717) is 32.1 Å². The van der Waals surface area contributed by atoms with Crippen LogP contribution >= 0.6 is 0 Å². The van der Waals surface area contributed by atoms with Crippen LogP contribution in [0.5, 0.6) is 5.75 Å². The van der Waals surface area contributed by atoms with Crippen LogP contribution in [-0.4, -0.2) is 96.0 Å². The Kier molecular flexibility index (Phi) is 22.8. The second-order valence-corrected chi connectivity index (χ2v) is 14.8. The third-order valence-corrected chi connectivity index (χ3v) is 9.82. The summed E-state index contributed by atoms with van der Waals surface area (Å²) in [5.74, 6) is -11.4. The highest BCUT2D eigenvalue weighted by Crippen LogP contribution is 2.29. The van der Waals surface area contributed by atoms with E-state index in [4.69, 9.17) is 19.7 Å². The minimum Gasteiger partial charge on any atom is -0.503 e. The van der Waals surface area contributed by atoms with Crippen LogP contribution in [0, 0.1) is 23.7 Å². The number of aliphatic hydroxyl groups excluding tert-OH is 2. The fourth-order valence-electron chi connectivity index (χ4n) is 6.50. The van der Waals surface area contributed by atoms with E-state index in [2.05, 4.69) is 0 Å². The summed E-state index contributed by atoms with van der Waals surface area (Å²) in [6.45, 7) is 7.43. The van der Waals surface area contributed by atoms with Gasteiger partial charge in [0.05, 0.1) is 43.6 Å². The molecule has 0 bridgehead atoms. The van der Waals surface area contributed by atoms with Crippen molar-refractivity contribution >= 4 is 35.8 Å². The van der Waals surface area contributed by atoms with Crippen molar-refractivity contribution in [3.63, 3.8) is 0 Å². The van der Waals surface area contributed by atoms with E-state index in [1.807, 2.05) is 13.8 Å². The van der Waals surface area contributed by atoms with Gasteiger partial charge in [-0.25, -0.2) is 0 Å². The van der Waals surface area contributed by atoms with Crippen molar-refractivity contribution in [3.05, 3.63) is 24.5 Å². The number of hydrogen-bond acceptors (Lipinski definition) is 11. The van der Waals surface area contributed by atoms with Gasteiger partial charge in [0.1, 0.15) is 18.3 Å². The zero-order chi connectivity index (χ0) is 41.7. The largest absolute Gasteiger partial charge is 0.503 e. The number of hydrogen-bond donors (Lipinski definition) is 7. The molecule has 0 saturated heterocycles. The number of nitrogens with zero attached hydrogens (tertiary/aromatic N) is 1. The zero-order valence-corrected chi connectivity index (χ0v) is 32.5. The Morgan fingerprint density at radius 3 is 1.76 bits per heavy atom. The number of rotatable bonds is 30. The van der Waals surface area contributed by atoms with Gasteiger partial charge in [0.25, 0.3) is 0 Å². The number of carbonyl (C=O) groups is 6. The molecule has 0 aliphatic rings. The van der Waals surface area contributed by atoms with Crippen molar-refractivity contribution in [2.75, 3.05) is 0 Å². The number of unbranched alkanes of at least 4 members (excludes halogenated alkanes) is 4. The van der Waals surface area contributed by atoms with E-state index in [9.17, 15) is 54.3 Å². The van der Waals surface area contributed by atoms with Crippen LogP contribution in [0.4, 0.5) is 0 Å². The average molecular weight is 785 g/mol. The molecule has 1 aromatic heterocycles. The molecule has 16 nitrogen and oxygen atoms in total. The number of aromatic nitrogens is 1. The van der Waals surface area contributed by atoms with Crippen molar-refractivity contribution in [2.45, 2.75) is 154 Å². The van der Waals surface area contributed by atoms with E-state index in [0.717, 1.165) is 25.7 Å². The number of pyridine rings is 1. The first kappa shape index (κ1) is 48.7.